The third kappa shape index (κ3) is 6.89. The van der Waals surface area contributed by atoms with E-state index in [0.717, 1.165) is 39.3 Å². The molecule has 44 heavy (non-hydrogen) atoms. The average Bonchev–Trinajstić information content (AvgIpc) is 3.63. The number of nitrogens with zero attached hydrogens (tertiary/aromatic N) is 1. The first-order valence-electron chi connectivity index (χ1n) is 13.6. The van der Waals surface area contributed by atoms with E-state index >= 15 is 0 Å². The molecule has 5 rings (SSSR count). The molecule has 4 aromatic rings. The summed E-state index contributed by atoms with van der Waals surface area (Å²) in [5.74, 6) is -2.21. The first kappa shape index (κ1) is 31.1. The summed E-state index contributed by atoms with van der Waals surface area (Å²) in [5.41, 5.74) is 3.82. The Kier molecular flexibility index (Phi) is 9.26. The second kappa shape index (κ2) is 13.1. The number of rotatable bonds is 10. The van der Waals surface area contributed by atoms with Crippen molar-refractivity contribution in [2.45, 2.75) is 31.0 Å². The van der Waals surface area contributed by atoms with E-state index in [-0.39, 0.29) is 25.4 Å². The Balaban J connectivity index is 1.34. The topological polar surface area (TPSA) is 95.9 Å². The van der Waals surface area contributed by atoms with Gasteiger partial charge >= 0.3 is 18.2 Å². The highest BCUT2D eigenvalue weighted by molar-refractivity contribution is 7.08. The Hall–Kier alpha value is -4.35. The number of carbonyl (C=O) groups excluding carboxylic acids is 2. The fourth-order valence-electron chi connectivity index (χ4n) is 5.33. The minimum atomic E-state index is -4.63. The lowest BCUT2D eigenvalue weighted by Crippen LogP contribution is -2.50. The van der Waals surface area contributed by atoms with Crippen LogP contribution in [0.25, 0.3) is 11.1 Å². The lowest BCUT2D eigenvalue weighted by Gasteiger charge is -2.26. The van der Waals surface area contributed by atoms with Crippen LogP contribution in [0.15, 0.2) is 83.6 Å². The summed E-state index contributed by atoms with van der Waals surface area (Å²) in [4.78, 5) is 39.5. The van der Waals surface area contributed by atoms with Gasteiger partial charge in [0, 0.05) is 11.3 Å². The summed E-state index contributed by atoms with van der Waals surface area (Å²) >= 11 is 7.14. The van der Waals surface area contributed by atoms with Gasteiger partial charge in [0.1, 0.15) is 19.2 Å². The zero-order valence-corrected chi connectivity index (χ0v) is 24.6. The van der Waals surface area contributed by atoms with Crippen molar-refractivity contribution >= 4 is 46.6 Å². The molecule has 1 atom stereocenters. The minimum Gasteiger partial charge on any atom is -0.480 e. The van der Waals surface area contributed by atoms with Gasteiger partial charge in [0.25, 0.3) is 0 Å². The molecule has 0 saturated heterocycles. The number of aliphatic carboxylic acids is 1. The molecule has 1 aromatic heterocycles. The summed E-state index contributed by atoms with van der Waals surface area (Å²) < 4.78 is 45.1. The fourth-order valence-corrected chi connectivity index (χ4v) is 6.28. The van der Waals surface area contributed by atoms with Crippen molar-refractivity contribution in [3.8, 4) is 11.1 Å². The number of thiophene rings is 1. The molecule has 3 aromatic carbocycles. The van der Waals surface area contributed by atoms with Gasteiger partial charge in [0.15, 0.2) is 0 Å². The van der Waals surface area contributed by atoms with Gasteiger partial charge in [-0.2, -0.15) is 24.5 Å². The number of halogens is 4. The number of hydrogen-bond donors (Lipinski definition) is 2. The minimum absolute atomic E-state index is 0.0152. The molecule has 0 fully saturated rings. The summed E-state index contributed by atoms with van der Waals surface area (Å²) in [5, 5.41) is 14.8. The number of amides is 2. The molecule has 0 saturated carbocycles. The summed E-state index contributed by atoms with van der Waals surface area (Å²) in [6.07, 6.45) is -5.53. The monoisotopic (exact) mass is 642 g/mol. The molecule has 7 nitrogen and oxygen atoms in total. The van der Waals surface area contributed by atoms with Crippen molar-refractivity contribution in [3.63, 3.8) is 0 Å². The van der Waals surface area contributed by atoms with Gasteiger partial charge in [-0.05, 0) is 64.2 Å². The molecule has 2 N–H and O–H groups in total. The van der Waals surface area contributed by atoms with E-state index in [1.54, 1.807) is 16.8 Å². The molecule has 0 radical (unpaired) electrons. The number of alkyl carbamates (subject to hydrolysis) is 1. The third-order valence-corrected chi connectivity index (χ3v) is 8.36. The Bertz CT molecular complexity index is 1630. The zero-order valence-electron chi connectivity index (χ0n) is 23.0. The quantitative estimate of drug-likeness (QED) is 0.188. The molecule has 2 amide bonds. The van der Waals surface area contributed by atoms with Crippen LogP contribution in [-0.4, -0.2) is 42.3 Å². The van der Waals surface area contributed by atoms with Crippen molar-refractivity contribution < 1.29 is 37.4 Å². The van der Waals surface area contributed by atoms with E-state index < -0.39 is 47.3 Å². The summed E-state index contributed by atoms with van der Waals surface area (Å²) in [7, 11) is 0. The predicted molar refractivity (Wildman–Crippen MR) is 161 cm³/mol. The van der Waals surface area contributed by atoms with Crippen molar-refractivity contribution in [1.82, 2.24) is 5.32 Å². The van der Waals surface area contributed by atoms with E-state index in [0.29, 0.717) is 11.3 Å². The molecule has 0 bridgehead atoms. The van der Waals surface area contributed by atoms with E-state index in [4.69, 9.17) is 16.3 Å². The lowest BCUT2D eigenvalue weighted by molar-refractivity contribution is -0.138. The van der Waals surface area contributed by atoms with E-state index in [2.05, 4.69) is 5.32 Å². The zero-order chi connectivity index (χ0) is 31.4. The van der Waals surface area contributed by atoms with Crippen LogP contribution in [0.5, 0.6) is 0 Å². The number of fused-ring (bicyclic) bond motifs is 3. The molecule has 1 unspecified atom stereocenters. The Morgan fingerprint density at radius 1 is 1.00 bits per heavy atom. The molecule has 0 spiro atoms. The highest BCUT2D eigenvalue weighted by Crippen LogP contribution is 2.44. The van der Waals surface area contributed by atoms with Gasteiger partial charge in [-0.1, -0.05) is 66.2 Å². The van der Waals surface area contributed by atoms with Crippen molar-refractivity contribution in [2.75, 3.05) is 18.1 Å². The lowest BCUT2D eigenvalue weighted by atomic mass is 9.98. The predicted octanol–water partition coefficient (Wildman–Crippen LogP) is 7.38. The van der Waals surface area contributed by atoms with Crippen molar-refractivity contribution in [3.05, 3.63) is 111 Å². The van der Waals surface area contributed by atoms with Gasteiger partial charge in [-0.15, -0.1) is 0 Å². The van der Waals surface area contributed by atoms with Gasteiger partial charge in [0.2, 0.25) is 5.91 Å². The largest absolute Gasteiger partial charge is 0.480 e. The highest BCUT2D eigenvalue weighted by Gasteiger charge is 2.34. The molecule has 1 heterocycles. The summed E-state index contributed by atoms with van der Waals surface area (Å²) in [6, 6.07) is 19.2. The average molecular weight is 643 g/mol. The van der Waals surface area contributed by atoms with Crippen LogP contribution in [0.2, 0.25) is 5.02 Å². The van der Waals surface area contributed by atoms with E-state index in [9.17, 15) is 32.7 Å². The number of benzene rings is 3. The Morgan fingerprint density at radius 2 is 1.66 bits per heavy atom. The molecular weight excluding hydrogens is 617 g/mol. The van der Waals surface area contributed by atoms with Crippen molar-refractivity contribution in [2.24, 2.45) is 0 Å². The van der Waals surface area contributed by atoms with Crippen LogP contribution in [0, 0.1) is 0 Å². The van der Waals surface area contributed by atoms with Gasteiger partial charge in [0.05, 0.1) is 16.3 Å². The molecule has 12 heteroatoms. The van der Waals surface area contributed by atoms with Crippen LogP contribution in [0.4, 0.5) is 23.7 Å². The van der Waals surface area contributed by atoms with Crippen molar-refractivity contribution in [1.29, 1.82) is 0 Å². The van der Waals surface area contributed by atoms with Crippen LogP contribution < -0.4 is 10.2 Å². The normalized spacial score (nSPS) is 13.1. The maximum atomic E-state index is 13.7. The van der Waals surface area contributed by atoms with Crippen LogP contribution in [-0.2, 0) is 26.9 Å². The van der Waals surface area contributed by atoms with Gasteiger partial charge in [-0.25, -0.2) is 4.79 Å². The maximum absolute atomic E-state index is 13.7. The third-order valence-electron chi connectivity index (χ3n) is 7.37. The van der Waals surface area contributed by atoms with E-state index in [1.807, 2.05) is 48.5 Å². The van der Waals surface area contributed by atoms with Crippen LogP contribution in [0.3, 0.4) is 0 Å². The Labute approximate surface area is 259 Å². The number of nitrogens with one attached hydrogen (secondary N) is 1. The molecule has 0 aliphatic heterocycles. The number of anilines is 1. The molecule has 1 aliphatic rings. The SMILES string of the molecule is O=C(O)CN(C(=O)C(CCc1ccc(C(F)(F)F)c(Cl)c1)NC(=O)OCC1c2ccccc2-c2ccccc21)c1ccsc1. The Morgan fingerprint density at radius 3 is 2.23 bits per heavy atom. The fraction of sp³-hybridized carbons (Fsp3) is 0.219. The first-order chi connectivity index (χ1) is 21.0. The summed E-state index contributed by atoms with van der Waals surface area (Å²) in [6.45, 7) is -0.677. The highest BCUT2D eigenvalue weighted by atomic mass is 35.5. The maximum Gasteiger partial charge on any atom is 0.417 e. The van der Waals surface area contributed by atoms with Gasteiger partial charge < -0.3 is 15.2 Å². The van der Waals surface area contributed by atoms with Crippen LogP contribution >= 0.6 is 22.9 Å². The number of aryl methyl sites for hydroxylation is 1. The molecular formula is C32H26ClF3N2O5S. The second-order valence-corrected chi connectivity index (χ2v) is 11.4. The number of ether oxygens (including phenoxy) is 1. The first-order valence-corrected chi connectivity index (χ1v) is 14.9. The second-order valence-electron chi connectivity index (χ2n) is 10.2. The number of carboxylic acid groups (broad SMARTS) is 1. The number of hydrogen-bond acceptors (Lipinski definition) is 5. The number of carboxylic acids is 1. The smallest absolute Gasteiger partial charge is 0.417 e. The standard InChI is InChI=1S/C32H26ClF3N2O5S/c33-27-15-19(9-11-26(27)32(34,35)36)10-12-28(30(41)38(16-29(39)40)20-13-14-44-18-20)37-31(42)43-17-25-23-7-3-1-5-21(23)22-6-2-4-8-24(22)25/h1-9,11,13-15,18,25,28H,10,12,16-17H2,(H,37,42)(H,39,40). The molecule has 1 aliphatic carbocycles. The van der Waals surface area contributed by atoms with E-state index in [1.165, 1.54) is 17.4 Å². The number of carbonyl (C=O) groups is 3. The number of alkyl halides is 3. The van der Waals surface area contributed by atoms with Gasteiger partial charge in [-0.3, -0.25) is 14.5 Å². The molecule has 228 valence electrons. The van der Waals surface area contributed by atoms with Crippen LogP contribution in [0.1, 0.15) is 34.6 Å².